The van der Waals surface area contributed by atoms with E-state index in [-0.39, 0.29) is 22.5 Å². The first-order valence-electron chi connectivity index (χ1n) is 10.7. The number of carbonyl (C=O) groups excluding carboxylic acids is 2. The molecule has 2 aromatic carbocycles. The van der Waals surface area contributed by atoms with E-state index in [1.165, 1.54) is 11.8 Å². The summed E-state index contributed by atoms with van der Waals surface area (Å²) in [6, 6.07) is 11.4. The van der Waals surface area contributed by atoms with Gasteiger partial charge in [0.2, 0.25) is 5.76 Å². The van der Waals surface area contributed by atoms with Crippen molar-refractivity contribution in [1.82, 2.24) is 4.98 Å². The molecule has 9 heteroatoms. The minimum absolute atomic E-state index is 0.0287. The summed E-state index contributed by atoms with van der Waals surface area (Å²) in [5.74, 6) is -0.0227. The number of thiazole rings is 1. The molecule has 0 N–H and O–H groups in total. The summed E-state index contributed by atoms with van der Waals surface area (Å²) >= 11 is 4.52. The highest BCUT2D eigenvalue weighted by Crippen LogP contribution is 2.43. The number of hydrogen-bond donors (Lipinski definition) is 0. The van der Waals surface area contributed by atoms with Gasteiger partial charge in [0.15, 0.2) is 16.3 Å². The van der Waals surface area contributed by atoms with Crippen molar-refractivity contribution in [2.24, 2.45) is 0 Å². The zero-order chi connectivity index (χ0) is 24.9. The second-order valence-electron chi connectivity index (χ2n) is 8.03. The van der Waals surface area contributed by atoms with Gasteiger partial charge in [-0.15, -0.1) is 0 Å². The Morgan fingerprint density at radius 2 is 2.00 bits per heavy atom. The van der Waals surface area contributed by atoms with Crippen LogP contribution in [0.3, 0.4) is 0 Å². The average Bonchev–Trinajstić information content (AvgIpc) is 3.36. The van der Waals surface area contributed by atoms with Gasteiger partial charge < -0.3 is 9.15 Å². The molecule has 0 fully saturated rings. The Labute approximate surface area is 212 Å². The van der Waals surface area contributed by atoms with Gasteiger partial charge in [0.1, 0.15) is 17.9 Å². The van der Waals surface area contributed by atoms with Gasteiger partial charge in [-0.1, -0.05) is 52.1 Å². The number of nitrogens with zero attached hydrogens (tertiary/aromatic N) is 2. The van der Waals surface area contributed by atoms with E-state index in [1.54, 1.807) is 55.5 Å². The van der Waals surface area contributed by atoms with E-state index < -0.39 is 11.9 Å². The molecule has 0 radical (unpaired) electrons. The summed E-state index contributed by atoms with van der Waals surface area (Å²) in [4.78, 5) is 45.9. The van der Waals surface area contributed by atoms with Crippen LogP contribution in [0.5, 0.6) is 5.75 Å². The molecule has 5 rings (SSSR count). The fraction of sp³-hybridized carbons (Fsp3) is 0.154. The Hall–Kier alpha value is -3.56. The van der Waals surface area contributed by atoms with Gasteiger partial charge in [-0.05, 0) is 42.8 Å². The van der Waals surface area contributed by atoms with Crippen LogP contribution in [0.2, 0.25) is 0 Å². The maximum absolute atomic E-state index is 13.7. The molecule has 2 aromatic heterocycles. The van der Waals surface area contributed by atoms with E-state index in [1.807, 2.05) is 0 Å². The zero-order valence-corrected chi connectivity index (χ0v) is 21.2. The maximum Gasteiger partial charge on any atom is 0.297 e. The number of ketones is 1. The second kappa shape index (κ2) is 8.90. The number of ether oxygens (including phenoxy) is 1. The first-order valence-corrected chi connectivity index (χ1v) is 12.3. The van der Waals surface area contributed by atoms with Gasteiger partial charge in [-0.2, -0.15) is 0 Å². The lowest BCUT2D eigenvalue weighted by atomic mass is 9.98. The van der Waals surface area contributed by atoms with Crippen LogP contribution in [0, 0.1) is 6.92 Å². The first-order chi connectivity index (χ1) is 16.8. The number of aryl methyl sites for hydroxylation is 1. The Bertz CT molecular complexity index is 1570. The number of Topliss-reactive ketones (excluding diaryl/α,β-unsaturated/α-hetero) is 1. The highest BCUT2D eigenvalue weighted by Gasteiger charge is 2.45. The minimum Gasteiger partial charge on any atom is -0.490 e. The van der Waals surface area contributed by atoms with Crippen molar-refractivity contribution in [2.45, 2.75) is 19.9 Å². The van der Waals surface area contributed by atoms with E-state index in [0.29, 0.717) is 44.6 Å². The number of fused-ring (bicyclic) bond motifs is 2. The first kappa shape index (κ1) is 23.2. The minimum atomic E-state index is -0.782. The summed E-state index contributed by atoms with van der Waals surface area (Å²) in [5, 5.41) is 0.689. The lowest BCUT2D eigenvalue weighted by molar-refractivity contribution is 0.0969. The topological polar surface area (TPSA) is 89.7 Å². The molecule has 0 spiro atoms. The van der Waals surface area contributed by atoms with Gasteiger partial charge in [0.05, 0.1) is 27.6 Å². The number of aromatic nitrogens is 1. The van der Waals surface area contributed by atoms with Crippen LogP contribution in [0.15, 0.2) is 68.8 Å². The molecule has 7 nitrogen and oxygen atoms in total. The predicted molar refractivity (Wildman–Crippen MR) is 138 cm³/mol. The lowest BCUT2D eigenvalue weighted by Crippen LogP contribution is -2.29. The van der Waals surface area contributed by atoms with Crippen LogP contribution in [0.1, 0.15) is 50.0 Å². The highest BCUT2D eigenvalue weighted by molar-refractivity contribution is 9.10. The van der Waals surface area contributed by atoms with E-state index in [4.69, 9.17) is 9.15 Å². The Balaban J connectivity index is 1.73. The molecule has 35 heavy (non-hydrogen) atoms. The normalized spacial score (nSPS) is 14.9. The second-order valence-corrected chi connectivity index (χ2v) is 9.92. The number of amides is 1. The molecule has 4 aromatic rings. The van der Waals surface area contributed by atoms with Crippen molar-refractivity contribution in [2.75, 3.05) is 11.5 Å². The third-order valence-electron chi connectivity index (χ3n) is 5.71. The number of halogens is 1. The molecule has 0 saturated heterocycles. The van der Waals surface area contributed by atoms with E-state index >= 15 is 0 Å². The molecule has 1 aliphatic heterocycles. The Morgan fingerprint density at radius 1 is 1.26 bits per heavy atom. The van der Waals surface area contributed by atoms with Crippen LogP contribution >= 0.6 is 27.3 Å². The summed E-state index contributed by atoms with van der Waals surface area (Å²) in [5.41, 5.74) is 1.47. The molecule has 3 heterocycles. The predicted octanol–water partition coefficient (Wildman–Crippen LogP) is 5.84. The van der Waals surface area contributed by atoms with Gasteiger partial charge in [-0.25, -0.2) is 4.98 Å². The standard InChI is InChI=1S/C26H19BrN2O5S/c1-4-11-33-17-8-5-15(6-9-17)21-20-22(31)18-12-16(27)7-10-19(18)34-23(20)25(32)29(21)26-28-13(2)24(35-26)14(3)30/h4-10,12,21H,1,11H2,2-3H3. The van der Waals surface area contributed by atoms with Crippen LogP contribution in [0.4, 0.5) is 5.13 Å². The molecule has 0 bridgehead atoms. The van der Waals surface area contributed by atoms with Crippen molar-refractivity contribution in [3.05, 3.63) is 97.3 Å². The molecule has 0 saturated carbocycles. The van der Waals surface area contributed by atoms with Crippen LogP contribution in [-0.4, -0.2) is 23.3 Å². The van der Waals surface area contributed by atoms with Gasteiger partial charge in [0.25, 0.3) is 5.91 Å². The van der Waals surface area contributed by atoms with Crippen LogP contribution < -0.4 is 15.1 Å². The zero-order valence-electron chi connectivity index (χ0n) is 18.8. The Kier molecular flexibility index (Phi) is 5.90. The average molecular weight is 551 g/mol. The maximum atomic E-state index is 13.7. The van der Waals surface area contributed by atoms with Crippen LogP contribution in [-0.2, 0) is 0 Å². The van der Waals surface area contributed by atoms with Gasteiger partial charge in [-0.3, -0.25) is 19.3 Å². The molecule has 1 aliphatic rings. The Morgan fingerprint density at radius 3 is 2.66 bits per heavy atom. The SMILES string of the molecule is C=CCOc1ccc(C2c3c(oc4ccc(Br)cc4c3=O)C(=O)N2c2nc(C)c(C(C)=O)s2)cc1. The number of rotatable bonds is 6. The third kappa shape index (κ3) is 3.90. The lowest BCUT2D eigenvalue weighted by Gasteiger charge is -2.22. The molecule has 0 aliphatic carbocycles. The summed E-state index contributed by atoms with van der Waals surface area (Å²) in [6.45, 7) is 7.18. The van der Waals surface area contributed by atoms with Crippen molar-refractivity contribution < 1.29 is 18.7 Å². The monoisotopic (exact) mass is 550 g/mol. The van der Waals surface area contributed by atoms with Crippen molar-refractivity contribution >= 4 is 55.1 Å². The van der Waals surface area contributed by atoms with Gasteiger partial charge in [0, 0.05) is 11.4 Å². The quantitative estimate of drug-likeness (QED) is 0.221. The summed E-state index contributed by atoms with van der Waals surface area (Å²) in [7, 11) is 0. The van der Waals surface area contributed by atoms with Crippen molar-refractivity contribution in [3.8, 4) is 5.75 Å². The number of hydrogen-bond acceptors (Lipinski definition) is 7. The fourth-order valence-electron chi connectivity index (χ4n) is 4.17. The summed E-state index contributed by atoms with van der Waals surface area (Å²) < 4.78 is 12.3. The van der Waals surface area contributed by atoms with Crippen molar-refractivity contribution in [3.63, 3.8) is 0 Å². The molecular weight excluding hydrogens is 532 g/mol. The number of anilines is 1. The van der Waals surface area contributed by atoms with Crippen LogP contribution in [0.25, 0.3) is 11.0 Å². The molecule has 1 unspecified atom stereocenters. The number of benzene rings is 2. The molecule has 1 amide bonds. The molecular formula is C26H19BrN2O5S. The largest absolute Gasteiger partial charge is 0.490 e. The smallest absolute Gasteiger partial charge is 0.297 e. The van der Waals surface area contributed by atoms with E-state index in [9.17, 15) is 14.4 Å². The van der Waals surface area contributed by atoms with Crippen molar-refractivity contribution in [1.29, 1.82) is 0 Å². The van der Waals surface area contributed by atoms with Gasteiger partial charge >= 0.3 is 0 Å². The fourth-order valence-corrected chi connectivity index (χ4v) is 5.52. The molecule has 1 atom stereocenters. The highest BCUT2D eigenvalue weighted by atomic mass is 79.9. The van der Waals surface area contributed by atoms with E-state index in [2.05, 4.69) is 27.5 Å². The molecule has 176 valence electrons. The van der Waals surface area contributed by atoms with E-state index in [0.717, 1.165) is 15.8 Å². The number of carbonyl (C=O) groups is 2. The third-order valence-corrected chi connectivity index (χ3v) is 7.46. The summed E-state index contributed by atoms with van der Waals surface area (Å²) in [6.07, 6.45) is 1.65.